The molecule has 1 aromatic heterocycles. The van der Waals surface area contributed by atoms with E-state index in [2.05, 4.69) is 48.6 Å². The Bertz CT molecular complexity index is 1020. The van der Waals surface area contributed by atoms with Crippen LogP contribution in [0.5, 0.6) is 0 Å². The number of unbranched alkanes of at least 4 members (excludes halogenated alkanes) is 3. The summed E-state index contributed by atoms with van der Waals surface area (Å²) < 4.78 is 0. The summed E-state index contributed by atoms with van der Waals surface area (Å²) in [7, 11) is 0. The fraction of sp³-hybridized carbons (Fsp3) is 0.214. The first-order valence-electron chi connectivity index (χ1n) is 11.2. The number of hydrogen-bond donors (Lipinski definition) is 1. The van der Waals surface area contributed by atoms with Crippen LogP contribution in [0.4, 0.5) is 11.5 Å². The number of nitrogens with one attached hydrogen (secondary N) is 1. The van der Waals surface area contributed by atoms with Gasteiger partial charge in [0, 0.05) is 22.9 Å². The van der Waals surface area contributed by atoms with Crippen molar-refractivity contribution in [1.82, 2.24) is 9.97 Å². The maximum atomic E-state index is 4.83. The molecule has 1 N–H and O–H groups in total. The van der Waals surface area contributed by atoms with E-state index in [4.69, 9.17) is 9.97 Å². The Balaban J connectivity index is 1.57. The predicted octanol–water partition coefficient (Wildman–Crippen LogP) is 7.68. The van der Waals surface area contributed by atoms with Crippen LogP contribution in [0.1, 0.15) is 38.2 Å². The molecular formula is C28H29N3. The average molecular weight is 408 g/mol. The maximum absolute atomic E-state index is 4.83. The number of aryl methyl sites for hydroxylation is 1. The largest absolute Gasteiger partial charge is 0.340 e. The molecule has 0 radical (unpaired) electrons. The molecule has 4 aromatic rings. The van der Waals surface area contributed by atoms with Crippen molar-refractivity contribution < 1.29 is 0 Å². The Hall–Kier alpha value is -3.46. The molecule has 3 nitrogen and oxygen atoms in total. The number of hydrogen-bond acceptors (Lipinski definition) is 3. The minimum Gasteiger partial charge on any atom is -0.340 e. The number of benzene rings is 3. The summed E-state index contributed by atoms with van der Waals surface area (Å²) in [5, 5.41) is 3.48. The fourth-order valence-electron chi connectivity index (χ4n) is 3.64. The molecule has 0 unspecified atom stereocenters. The third-order valence-electron chi connectivity index (χ3n) is 5.37. The minimum absolute atomic E-state index is 0.719. The first-order chi connectivity index (χ1) is 15.3. The minimum atomic E-state index is 0.719. The van der Waals surface area contributed by atoms with Crippen LogP contribution in [-0.4, -0.2) is 9.97 Å². The highest BCUT2D eigenvalue weighted by Gasteiger charge is 2.09. The fourth-order valence-corrected chi connectivity index (χ4v) is 3.64. The van der Waals surface area contributed by atoms with Gasteiger partial charge in [-0.05, 0) is 30.5 Å². The van der Waals surface area contributed by atoms with E-state index in [0.717, 1.165) is 40.6 Å². The van der Waals surface area contributed by atoms with Crippen LogP contribution in [0, 0.1) is 0 Å². The van der Waals surface area contributed by atoms with Crippen LogP contribution < -0.4 is 5.32 Å². The summed E-state index contributed by atoms with van der Waals surface area (Å²) >= 11 is 0. The lowest BCUT2D eigenvalue weighted by Crippen LogP contribution is -1.99. The van der Waals surface area contributed by atoms with E-state index in [0.29, 0.717) is 0 Å². The number of nitrogens with zero attached hydrogens (tertiary/aromatic N) is 2. The summed E-state index contributed by atoms with van der Waals surface area (Å²) in [6.07, 6.45) is 6.30. The van der Waals surface area contributed by atoms with Crippen LogP contribution in [0.2, 0.25) is 0 Å². The molecule has 156 valence electrons. The van der Waals surface area contributed by atoms with Crippen molar-refractivity contribution in [3.8, 4) is 22.6 Å². The van der Waals surface area contributed by atoms with Crippen LogP contribution in [0.15, 0.2) is 91.0 Å². The first kappa shape index (κ1) is 20.8. The zero-order valence-electron chi connectivity index (χ0n) is 18.1. The molecule has 0 saturated carbocycles. The van der Waals surface area contributed by atoms with Gasteiger partial charge in [0.05, 0.1) is 5.69 Å². The van der Waals surface area contributed by atoms with Gasteiger partial charge in [-0.15, -0.1) is 0 Å². The van der Waals surface area contributed by atoms with Gasteiger partial charge in [-0.2, -0.15) is 0 Å². The summed E-state index contributed by atoms with van der Waals surface area (Å²) in [5.74, 6) is 1.51. The molecule has 0 aliphatic carbocycles. The molecule has 3 aromatic carbocycles. The summed E-state index contributed by atoms with van der Waals surface area (Å²) in [5.41, 5.74) is 5.41. The van der Waals surface area contributed by atoms with Crippen LogP contribution in [-0.2, 0) is 6.42 Å². The Kier molecular flexibility index (Phi) is 7.07. The second-order valence-corrected chi connectivity index (χ2v) is 7.83. The van der Waals surface area contributed by atoms with Gasteiger partial charge in [0.1, 0.15) is 5.82 Å². The highest BCUT2D eigenvalue weighted by molar-refractivity contribution is 5.69. The Morgan fingerprint density at radius 2 is 1.35 bits per heavy atom. The zero-order chi connectivity index (χ0) is 21.3. The second-order valence-electron chi connectivity index (χ2n) is 7.83. The predicted molar refractivity (Wildman–Crippen MR) is 130 cm³/mol. The van der Waals surface area contributed by atoms with Crippen molar-refractivity contribution in [3.05, 3.63) is 96.6 Å². The van der Waals surface area contributed by atoms with E-state index in [1.54, 1.807) is 0 Å². The van der Waals surface area contributed by atoms with Gasteiger partial charge in [-0.1, -0.05) is 99.0 Å². The maximum Gasteiger partial charge on any atom is 0.162 e. The lowest BCUT2D eigenvalue weighted by atomic mass is 10.1. The van der Waals surface area contributed by atoms with Crippen LogP contribution >= 0.6 is 0 Å². The quantitative estimate of drug-likeness (QED) is 0.289. The van der Waals surface area contributed by atoms with Crippen LogP contribution in [0.25, 0.3) is 22.6 Å². The van der Waals surface area contributed by atoms with E-state index >= 15 is 0 Å². The van der Waals surface area contributed by atoms with Crippen molar-refractivity contribution in [3.63, 3.8) is 0 Å². The Morgan fingerprint density at radius 3 is 2.03 bits per heavy atom. The lowest BCUT2D eigenvalue weighted by molar-refractivity contribution is 0.667. The van der Waals surface area contributed by atoms with Gasteiger partial charge in [-0.3, -0.25) is 0 Å². The SMILES string of the molecule is CCCCCCc1ccc(Nc2cc(-c3ccccc3)nc(-c3ccccc3)n2)cc1. The number of anilines is 2. The molecule has 3 heteroatoms. The van der Waals surface area contributed by atoms with E-state index < -0.39 is 0 Å². The van der Waals surface area contributed by atoms with Crippen molar-refractivity contribution in [1.29, 1.82) is 0 Å². The zero-order valence-corrected chi connectivity index (χ0v) is 18.1. The van der Waals surface area contributed by atoms with Crippen molar-refractivity contribution >= 4 is 11.5 Å². The molecule has 0 aliphatic heterocycles. The molecule has 0 spiro atoms. The third-order valence-corrected chi connectivity index (χ3v) is 5.37. The second kappa shape index (κ2) is 10.5. The molecule has 0 atom stereocenters. The highest BCUT2D eigenvalue weighted by Crippen LogP contribution is 2.26. The number of aromatic nitrogens is 2. The van der Waals surface area contributed by atoms with Crippen LogP contribution in [0.3, 0.4) is 0 Å². The van der Waals surface area contributed by atoms with Gasteiger partial charge in [0.25, 0.3) is 0 Å². The topological polar surface area (TPSA) is 37.8 Å². The monoisotopic (exact) mass is 407 g/mol. The van der Waals surface area contributed by atoms with E-state index in [9.17, 15) is 0 Å². The highest BCUT2D eigenvalue weighted by atomic mass is 15.0. The summed E-state index contributed by atoms with van der Waals surface area (Å²) in [6.45, 7) is 2.25. The summed E-state index contributed by atoms with van der Waals surface area (Å²) in [4.78, 5) is 9.62. The first-order valence-corrected chi connectivity index (χ1v) is 11.2. The molecule has 4 rings (SSSR count). The molecule has 0 fully saturated rings. The molecule has 0 bridgehead atoms. The standard InChI is InChI=1S/C28H29N3/c1-2-3-4-7-12-22-17-19-25(20-18-22)29-27-21-26(23-13-8-5-9-14-23)30-28(31-27)24-15-10-6-11-16-24/h5-6,8-11,13-21H,2-4,7,12H2,1H3,(H,29,30,31). The van der Waals surface area contributed by atoms with Gasteiger partial charge >= 0.3 is 0 Å². The van der Waals surface area contributed by atoms with E-state index in [1.807, 2.05) is 54.6 Å². The van der Waals surface area contributed by atoms with E-state index in [-0.39, 0.29) is 0 Å². The van der Waals surface area contributed by atoms with Gasteiger partial charge in [-0.25, -0.2) is 9.97 Å². The van der Waals surface area contributed by atoms with Gasteiger partial charge in [0.2, 0.25) is 0 Å². The van der Waals surface area contributed by atoms with Crippen molar-refractivity contribution in [2.75, 3.05) is 5.32 Å². The molecule has 0 aliphatic rings. The number of rotatable bonds is 9. The molecule has 0 saturated heterocycles. The molecular weight excluding hydrogens is 378 g/mol. The summed E-state index contributed by atoms with van der Waals surface area (Å²) in [6, 6.07) is 31.1. The normalized spacial score (nSPS) is 10.7. The van der Waals surface area contributed by atoms with Gasteiger partial charge in [0.15, 0.2) is 5.82 Å². The Morgan fingerprint density at radius 1 is 0.677 bits per heavy atom. The molecule has 1 heterocycles. The third kappa shape index (κ3) is 5.79. The average Bonchev–Trinajstić information content (AvgIpc) is 2.84. The molecule has 0 amide bonds. The van der Waals surface area contributed by atoms with E-state index in [1.165, 1.54) is 31.2 Å². The lowest BCUT2D eigenvalue weighted by Gasteiger charge is -2.11. The smallest absolute Gasteiger partial charge is 0.162 e. The Labute approximate surface area is 185 Å². The van der Waals surface area contributed by atoms with Gasteiger partial charge < -0.3 is 5.32 Å². The molecule has 31 heavy (non-hydrogen) atoms. The van der Waals surface area contributed by atoms with Crippen molar-refractivity contribution in [2.45, 2.75) is 39.0 Å². The van der Waals surface area contributed by atoms with Crippen molar-refractivity contribution in [2.24, 2.45) is 0 Å².